The monoisotopic (exact) mass is 124 g/mol. The fourth-order valence-electron chi connectivity index (χ4n) is 1.86. The van der Waals surface area contributed by atoms with E-state index in [4.69, 9.17) is 0 Å². The summed E-state index contributed by atoms with van der Waals surface area (Å²) in [5.74, 6) is 0. The molecule has 2 unspecified atom stereocenters. The highest BCUT2D eigenvalue weighted by Crippen LogP contribution is 2.17. The van der Waals surface area contributed by atoms with Gasteiger partial charge in [-0.1, -0.05) is 0 Å². The van der Waals surface area contributed by atoms with Gasteiger partial charge in [0, 0.05) is 19.1 Å². The SMILES string of the molecule is BN1CCN2CCC1C2. The molecule has 2 atom stereocenters. The van der Waals surface area contributed by atoms with E-state index in [0.29, 0.717) is 0 Å². The Bertz CT molecular complexity index is 118. The van der Waals surface area contributed by atoms with Crippen LogP contribution in [0.2, 0.25) is 0 Å². The molecule has 0 amide bonds. The van der Waals surface area contributed by atoms with Gasteiger partial charge in [0.25, 0.3) is 0 Å². The summed E-state index contributed by atoms with van der Waals surface area (Å²) < 4.78 is 0. The van der Waals surface area contributed by atoms with Crippen molar-refractivity contribution < 1.29 is 0 Å². The molecule has 0 aromatic heterocycles. The molecule has 0 radical (unpaired) electrons. The molecule has 0 saturated carbocycles. The van der Waals surface area contributed by atoms with Crippen molar-refractivity contribution >= 4 is 7.98 Å². The zero-order valence-electron chi connectivity index (χ0n) is 6.01. The molecule has 0 aromatic carbocycles. The summed E-state index contributed by atoms with van der Waals surface area (Å²) >= 11 is 0. The highest BCUT2D eigenvalue weighted by Gasteiger charge is 2.29. The molecule has 2 saturated heterocycles. The molecule has 0 aromatic rings. The molecule has 3 heteroatoms. The van der Waals surface area contributed by atoms with E-state index in [0.717, 1.165) is 6.04 Å². The summed E-state index contributed by atoms with van der Waals surface area (Å²) in [7, 11) is 2.24. The first-order chi connectivity index (χ1) is 4.36. The number of rotatable bonds is 0. The van der Waals surface area contributed by atoms with Crippen molar-refractivity contribution in [3.8, 4) is 0 Å². The molecule has 2 nitrogen and oxygen atoms in total. The molecule has 2 fully saturated rings. The Kier molecular flexibility index (Phi) is 1.27. The van der Waals surface area contributed by atoms with Gasteiger partial charge in [-0.3, -0.25) is 0 Å². The van der Waals surface area contributed by atoms with Gasteiger partial charge < -0.3 is 9.71 Å². The average molecular weight is 124 g/mol. The molecule has 2 rings (SSSR count). The maximum Gasteiger partial charge on any atom is 0.185 e. The van der Waals surface area contributed by atoms with Crippen LogP contribution < -0.4 is 0 Å². The van der Waals surface area contributed by atoms with Crippen LogP contribution in [-0.4, -0.2) is 49.9 Å². The topological polar surface area (TPSA) is 6.48 Å². The molecule has 2 aliphatic heterocycles. The third-order valence-electron chi connectivity index (χ3n) is 2.64. The van der Waals surface area contributed by atoms with Crippen molar-refractivity contribution in [3.63, 3.8) is 0 Å². The summed E-state index contributed by atoms with van der Waals surface area (Å²) in [6.45, 7) is 5.25. The van der Waals surface area contributed by atoms with Crippen molar-refractivity contribution in [2.75, 3.05) is 26.2 Å². The minimum Gasteiger partial charge on any atom is -0.344 e. The van der Waals surface area contributed by atoms with Crippen molar-refractivity contribution in [3.05, 3.63) is 0 Å². The molecule has 50 valence electrons. The lowest BCUT2D eigenvalue weighted by atomic mass is 10.1. The number of hydrogen-bond acceptors (Lipinski definition) is 2. The summed E-state index contributed by atoms with van der Waals surface area (Å²) in [5.41, 5.74) is 0. The van der Waals surface area contributed by atoms with E-state index in [2.05, 4.69) is 17.7 Å². The Hall–Kier alpha value is -0.0151. The molecule has 0 aliphatic carbocycles. The highest BCUT2D eigenvalue weighted by molar-refractivity contribution is 6.04. The minimum atomic E-state index is 0.888. The number of piperazine rings is 1. The smallest absolute Gasteiger partial charge is 0.185 e. The van der Waals surface area contributed by atoms with Crippen LogP contribution in [0.4, 0.5) is 0 Å². The number of hydrogen-bond donors (Lipinski definition) is 0. The first kappa shape index (κ1) is 5.75. The van der Waals surface area contributed by atoms with Gasteiger partial charge in [0.2, 0.25) is 0 Å². The molecular weight excluding hydrogens is 111 g/mol. The third-order valence-corrected chi connectivity index (χ3v) is 2.64. The fourth-order valence-corrected chi connectivity index (χ4v) is 1.86. The van der Waals surface area contributed by atoms with Crippen LogP contribution in [0.3, 0.4) is 0 Å². The Labute approximate surface area is 57.2 Å². The van der Waals surface area contributed by atoms with Gasteiger partial charge in [0.05, 0.1) is 0 Å². The number of fused-ring (bicyclic) bond motifs is 2. The van der Waals surface area contributed by atoms with E-state index in [-0.39, 0.29) is 0 Å². The molecule has 9 heavy (non-hydrogen) atoms. The van der Waals surface area contributed by atoms with Crippen LogP contribution in [0.15, 0.2) is 0 Å². The Morgan fingerprint density at radius 1 is 1.22 bits per heavy atom. The predicted molar refractivity (Wildman–Crippen MR) is 40.1 cm³/mol. The minimum absolute atomic E-state index is 0.888. The average Bonchev–Trinajstić information content (AvgIpc) is 2.25. The second-order valence-electron chi connectivity index (χ2n) is 3.22. The van der Waals surface area contributed by atoms with Gasteiger partial charge in [-0.15, -0.1) is 0 Å². The lowest BCUT2D eigenvalue weighted by Crippen LogP contribution is -2.45. The zero-order valence-corrected chi connectivity index (χ0v) is 6.01. The van der Waals surface area contributed by atoms with Gasteiger partial charge in [-0.25, -0.2) is 0 Å². The van der Waals surface area contributed by atoms with E-state index in [1.807, 2.05) is 0 Å². The van der Waals surface area contributed by atoms with Crippen molar-refractivity contribution in [1.82, 2.24) is 9.71 Å². The van der Waals surface area contributed by atoms with Gasteiger partial charge in [0.15, 0.2) is 7.98 Å². The molecule has 2 aliphatic rings. The first-order valence-electron chi connectivity index (χ1n) is 3.79. The summed E-state index contributed by atoms with van der Waals surface area (Å²) in [6.07, 6.45) is 1.40. The van der Waals surface area contributed by atoms with E-state index < -0.39 is 0 Å². The van der Waals surface area contributed by atoms with E-state index >= 15 is 0 Å². The van der Waals surface area contributed by atoms with Crippen LogP contribution in [0, 0.1) is 0 Å². The maximum absolute atomic E-state index is 2.56. The quantitative estimate of drug-likeness (QED) is 0.379. The molecule has 2 heterocycles. The zero-order chi connectivity index (χ0) is 6.27. The van der Waals surface area contributed by atoms with Crippen LogP contribution in [0.5, 0.6) is 0 Å². The standard InChI is InChI=1S/C6H13BN2/c7-9-4-3-8-2-1-6(9)5-8/h6H,1-5,7H2. The fraction of sp³-hybridized carbons (Fsp3) is 1.00. The first-order valence-corrected chi connectivity index (χ1v) is 3.79. The molecule has 0 N–H and O–H groups in total. The lowest BCUT2D eigenvalue weighted by molar-refractivity contribution is 0.218. The van der Waals surface area contributed by atoms with Crippen LogP contribution in [0.25, 0.3) is 0 Å². The van der Waals surface area contributed by atoms with Crippen LogP contribution in [0.1, 0.15) is 6.42 Å². The maximum atomic E-state index is 2.56. The largest absolute Gasteiger partial charge is 0.344 e. The van der Waals surface area contributed by atoms with Gasteiger partial charge in [-0.2, -0.15) is 0 Å². The van der Waals surface area contributed by atoms with Gasteiger partial charge >= 0.3 is 0 Å². The molecule has 0 spiro atoms. The third kappa shape index (κ3) is 0.884. The molecular formula is C6H13BN2. The second-order valence-corrected chi connectivity index (χ2v) is 3.22. The summed E-state index contributed by atoms with van der Waals surface area (Å²) in [5, 5.41) is 0. The van der Waals surface area contributed by atoms with Crippen molar-refractivity contribution in [2.24, 2.45) is 0 Å². The number of nitrogens with zero attached hydrogens (tertiary/aromatic N) is 2. The van der Waals surface area contributed by atoms with Crippen LogP contribution in [-0.2, 0) is 0 Å². The van der Waals surface area contributed by atoms with E-state index in [1.54, 1.807) is 0 Å². The summed E-state index contributed by atoms with van der Waals surface area (Å²) in [4.78, 5) is 5.05. The molecule has 2 bridgehead atoms. The van der Waals surface area contributed by atoms with Gasteiger partial charge in [0.1, 0.15) is 0 Å². The normalized spacial score (nSPS) is 43.6. The Morgan fingerprint density at radius 2 is 2.11 bits per heavy atom. The summed E-state index contributed by atoms with van der Waals surface area (Å²) in [6, 6.07) is 0.888. The van der Waals surface area contributed by atoms with Crippen LogP contribution >= 0.6 is 0 Å². The van der Waals surface area contributed by atoms with Crippen molar-refractivity contribution in [1.29, 1.82) is 0 Å². The highest BCUT2D eigenvalue weighted by atomic mass is 15.3. The van der Waals surface area contributed by atoms with Crippen molar-refractivity contribution in [2.45, 2.75) is 12.5 Å². The second kappa shape index (κ2) is 1.99. The van der Waals surface area contributed by atoms with E-state index in [9.17, 15) is 0 Å². The van der Waals surface area contributed by atoms with E-state index in [1.165, 1.54) is 32.6 Å². The van der Waals surface area contributed by atoms with Gasteiger partial charge in [-0.05, 0) is 19.5 Å². The Morgan fingerprint density at radius 3 is 2.89 bits per heavy atom. The lowest BCUT2D eigenvalue weighted by Gasteiger charge is -2.31. The predicted octanol–water partition coefficient (Wildman–Crippen LogP) is -1.08. The Balaban J connectivity index is 2.05.